The maximum atomic E-state index is 12.7. The summed E-state index contributed by atoms with van der Waals surface area (Å²) in [6.45, 7) is 1.32. The lowest BCUT2D eigenvalue weighted by atomic mass is 10.1. The maximum absolute atomic E-state index is 12.7. The Kier molecular flexibility index (Phi) is 8.88. The zero-order valence-electron chi connectivity index (χ0n) is 18.7. The molecule has 2 aromatic rings. The molecular weight excluding hydrogens is 489 g/mol. The fourth-order valence-corrected chi connectivity index (χ4v) is 3.49. The van der Waals surface area contributed by atoms with E-state index in [0.717, 1.165) is 0 Å². The summed E-state index contributed by atoms with van der Waals surface area (Å²) in [4.78, 5) is 25.0. The molecule has 0 spiro atoms. The summed E-state index contributed by atoms with van der Waals surface area (Å²) in [5.74, 6) is -0.862. The summed E-state index contributed by atoms with van der Waals surface area (Å²) in [6, 6.07) is 11.9. The van der Waals surface area contributed by atoms with Crippen LogP contribution in [0.4, 0.5) is 18.9 Å². The van der Waals surface area contributed by atoms with Gasteiger partial charge in [-0.2, -0.15) is 0 Å². The number of methoxy groups -OCH3 is 1. The maximum Gasteiger partial charge on any atom is 0.573 e. The Hall–Kier alpha value is -3.38. The molecule has 12 heteroatoms. The summed E-state index contributed by atoms with van der Waals surface area (Å²) < 4.78 is 58.0. The fourth-order valence-electron chi connectivity index (χ4n) is 3.21. The molecule has 1 unspecified atom stereocenters. The fraction of sp³-hybridized carbons (Fsp3) is 0.348. The van der Waals surface area contributed by atoms with Gasteiger partial charge in [0.05, 0.1) is 19.4 Å². The summed E-state index contributed by atoms with van der Waals surface area (Å²) in [5, 5.41) is 3.03. The third-order valence-electron chi connectivity index (χ3n) is 4.93. The highest BCUT2D eigenvalue weighted by atomic mass is 32.1. The third kappa shape index (κ3) is 8.11. The van der Waals surface area contributed by atoms with E-state index in [1.54, 1.807) is 35.2 Å². The number of hydrogen-bond donors (Lipinski definition) is 1. The van der Waals surface area contributed by atoms with Gasteiger partial charge in [-0.3, -0.25) is 9.59 Å². The predicted molar refractivity (Wildman–Crippen MR) is 124 cm³/mol. The van der Waals surface area contributed by atoms with Crippen molar-refractivity contribution in [2.45, 2.75) is 18.9 Å². The molecule has 0 aliphatic carbocycles. The minimum Gasteiger partial charge on any atom is -0.491 e. The first-order valence-corrected chi connectivity index (χ1v) is 10.9. The van der Waals surface area contributed by atoms with Crippen LogP contribution in [0.5, 0.6) is 11.5 Å². The molecule has 0 saturated carbocycles. The number of thiocarbonyl (C=S) groups is 1. The van der Waals surface area contributed by atoms with Crippen LogP contribution in [0.3, 0.4) is 0 Å². The molecule has 0 radical (unpaired) electrons. The van der Waals surface area contributed by atoms with Crippen molar-refractivity contribution in [3.63, 3.8) is 0 Å². The highest BCUT2D eigenvalue weighted by Gasteiger charge is 2.32. The average molecular weight is 513 g/mol. The van der Waals surface area contributed by atoms with Gasteiger partial charge in [0.2, 0.25) is 0 Å². The lowest BCUT2D eigenvalue weighted by Gasteiger charge is -2.34. The van der Waals surface area contributed by atoms with Crippen LogP contribution in [0, 0.1) is 0 Å². The molecule has 0 aromatic heterocycles. The Morgan fingerprint density at radius 1 is 1.17 bits per heavy atom. The number of nitrogens with one attached hydrogen (secondary N) is 1. The quantitative estimate of drug-likeness (QED) is 0.246. The van der Waals surface area contributed by atoms with E-state index in [1.807, 2.05) is 0 Å². The summed E-state index contributed by atoms with van der Waals surface area (Å²) in [6.07, 6.45) is -5.53. The summed E-state index contributed by atoms with van der Waals surface area (Å²) in [7, 11) is 1.21. The SMILES string of the molecule is COC(=O)CC(=O)c1ccc(OCC2CN(C(=S)Nc3ccccc3OC(F)(F)F)CCO2)cc1. The normalized spacial score (nSPS) is 15.8. The Morgan fingerprint density at radius 2 is 1.89 bits per heavy atom. The molecule has 1 heterocycles. The van der Waals surface area contributed by atoms with E-state index in [1.165, 1.54) is 25.3 Å². The van der Waals surface area contributed by atoms with Crippen molar-refractivity contribution in [1.82, 2.24) is 4.90 Å². The van der Waals surface area contributed by atoms with E-state index < -0.39 is 12.3 Å². The molecule has 0 amide bonds. The monoisotopic (exact) mass is 512 g/mol. The van der Waals surface area contributed by atoms with Crippen LogP contribution < -0.4 is 14.8 Å². The van der Waals surface area contributed by atoms with Crippen molar-refractivity contribution in [3.8, 4) is 11.5 Å². The molecule has 2 aromatic carbocycles. The van der Waals surface area contributed by atoms with Crippen molar-refractivity contribution >= 4 is 34.8 Å². The van der Waals surface area contributed by atoms with Crippen molar-refractivity contribution < 1.29 is 41.7 Å². The van der Waals surface area contributed by atoms with Crippen molar-refractivity contribution in [3.05, 3.63) is 54.1 Å². The van der Waals surface area contributed by atoms with Crippen LogP contribution >= 0.6 is 12.2 Å². The molecule has 1 atom stereocenters. The first-order valence-electron chi connectivity index (χ1n) is 10.5. The molecule has 1 aliphatic rings. The van der Waals surface area contributed by atoms with Crippen molar-refractivity contribution in [2.24, 2.45) is 0 Å². The molecule has 188 valence electrons. The summed E-state index contributed by atoms with van der Waals surface area (Å²) >= 11 is 5.38. The number of alkyl halides is 3. The molecule has 35 heavy (non-hydrogen) atoms. The van der Waals surface area contributed by atoms with Gasteiger partial charge in [0.25, 0.3) is 0 Å². The van der Waals surface area contributed by atoms with E-state index >= 15 is 0 Å². The summed E-state index contributed by atoms with van der Waals surface area (Å²) in [5.41, 5.74) is 0.449. The lowest BCUT2D eigenvalue weighted by Crippen LogP contribution is -2.49. The second-order valence-corrected chi connectivity index (χ2v) is 7.81. The van der Waals surface area contributed by atoms with Gasteiger partial charge < -0.3 is 29.2 Å². The third-order valence-corrected chi connectivity index (χ3v) is 5.29. The minimum atomic E-state index is -4.83. The number of benzene rings is 2. The van der Waals surface area contributed by atoms with Gasteiger partial charge in [-0.25, -0.2) is 0 Å². The first kappa shape index (κ1) is 26.2. The number of anilines is 1. The number of Topliss-reactive ketones (excluding diaryl/α,β-unsaturated/α-hetero) is 1. The number of rotatable bonds is 8. The zero-order chi connectivity index (χ0) is 25.4. The highest BCUT2D eigenvalue weighted by Crippen LogP contribution is 2.30. The molecule has 1 aliphatic heterocycles. The van der Waals surface area contributed by atoms with Gasteiger partial charge in [0, 0.05) is 18.7 Å². The average Bonchev–Trinajstić information content (AvgIpc) is 2.83. The molecule has 0 bridgehead atoms. The highest BCUT2D eigenvalue weighted by molar-refractivity contribution is 7.80. The van der Waals surface area contributed by atoms with E-state index in [4.69, 9.17) is 21.7 Å². The number of halogens is 3. The Morgan fingerprint density at radius 3 is 2.57 bits per heavy atom. The molecule has 8 nitrogen and oxygen atoms in total. The Balaban J connectivity index is 1.52. The standard InChI is InChI=1S/C23H23F3N2O6S/c1-31-21(30)12-19(29)15-6-8-16(9-7-15)33-14-17-13-28(10-11-32-17)22(35)27-18-4-2-3-5-20(18)34-23(24,25)26/h2-9,17H,10-14H2,1H3,(H,27,35). The van der Waals surface area contributed by atoms with Crippen LogP contribution in [-0.2, 0) is 14.3 Å². The van der Waals surface area contributed by atoms with Crippen molar-refractivity contribution in [1.29, 1.82) is 0 Å². The molecular formula is C23H23F3N2O6S. The van der Waals surface area contributed by atoms with Crippen molar-refractivity contribution in [2.75, 3.05) is 38.7 Å². The second kappa shape index (κ2) is 11.8. The van der Waals surface area contributed by atoms with Gasteiger partial charge in [0.1, 0.15) is 24.9 Å². The minimum absolute atomic E-state index is 0.0935. The number of esters is 1. The van der Waals surface area contributed by atoms with Gasteiger partial charge >= 0.3 is 12.3 Å². The number of nitrogens with zero attached hydrogens (tertiary/aromatic N) is 1. The first-order chi connectivity index (χ1) is 16.6. The lowest BCUT2D eigenvalue weighted by molar-refractivity contribution is -0.274. The smallest absolute Gasteiger partial charge is 0.491 e. The van der Waals surface area contributed by atoms with Crippen LogP contribution in [0.2, 0.25) is 0 Å². The number of hydrogen-bond acceptors (Lipinski definition) is 7. The number of morpholine rings is 1. The van der Waals surface area contributed by atoms with Crippen LogP contribution in [0.15, 0.2) is 48.5 Å². The van der Waals surface area contributed by atoms with E-state index in [-0.39, 0.29) is 41.5 Å². The van der Waals surface area contributed by atoms with E-state index in [2.05, 4.69) is 14.8 Å². The molecule has 3 rings (SSSR count). The number of ether oxygens (including phenoxy) is 4. The Labute approximate surface area is 204 Å². The Bertz CT molecular complexity index is 1050. The number of para-hydroxylation sites is 2. The molecule has 1 N–H and O–H groups in total. The van der Waals surface area contributed by atoms with Gasteiger partial charge in [0.15, 0.2) is 16.6 Å². The van der Waals surface area contributed by atoms with Gasteiger partial charge in [-0.05, 0) is 48.6 Å². The van der Waals surface area contributed by atoms with Gasteiger partial charge in [-0.1, -0.05) is 12.1 Å². The zero-order valence-corrected chi connectivity index (χ0v) is 19.5. The second-order valence-electron chi connectivity index (χ2n) is 7.42. The van der Waals surface area contributed by atoms with Gasteiger partial charge in [-0.15, -0.1) is 13.2 Å². The van der Waals surface area contributed by atoms with E-state index in [9.17, 15) is 22.8 Å². The van der Waals surface area contributed by atoms with Crippen LogP contribution in [-0.4, -0.2) is 67.6 Å². The number of carbonyl (C=O) groups is 2. The van der Waals surface area contributed by atoms with Crippen LogP contribution in [0.1, 0.15) is 16.8 Å². The molecule has 1 saturated heterocycles. The van der Waals surface area contributed by atoms with E-state index in [0.29, 0.717) is 31.0 Å². The largest absolute Gasteiger partial charge is 0.573 e. The van der Waals surface area contributed by atoms with Crippen LogP contribution in [0.25, 0.3) is 0 Å². The molecule has 1 fully saturated rings. The predicted octanol–water partition coefficient (Wildman–Crippen LogP) is 3.81. The number of ketones is 1. The number of carbonyl (C=O) groups excluding carboxylic acids is 2. The topological polar surface area (TPSA) is 86.3 Å².